The molecule has 1 N–H and O–H groups in total. The van der Waals surface area contributed by atoms with Gasteiger partial charge in [-0.2, -0.15) is 0 Å². The van der Waals surface area contributed by atoms with E-state index in [-0.39, 0.29) is 18.1 Å². The fraction of sp³-hybridized carbons (Fsp3) is 0.474. The molecule has 0 spiro atoms. The van der Waals surface area contributed by atoms with Crippen molar-refractivity contribution in [2.45, 2.75) is 51.9 Å². The van der Waals surface area contributed by atoms with Gasteiger partial charge in [0, 0.05) is 17.9 Å². The van der Waals surface area contributed by atoms with E-state index in [4.69, 9.17) is 5.11 Å². The lowest BCUT2D eigenvalue weighted by molar-refractivity contribution is -0.137. The van der Waals surface area contributed by atoms with Crippen molar-refractivity contribution < 1.29 is 14.7 Å². The standard InChI is InChI=1S/C19H26O3/c1-2-3-4-5-9-12-17-16(14-15-18(17)20)11-8-6-7-10-13-19(21)22/h5-6,8-9,12,14-16H,2-4,7,10-11,13H2,1H3,(H,21,22)/b8-6-,9-5+,17-12+/t16-/m0/s1. The van der Waals surface area contributed by atoms with Gasteiger partial charge >= 0.3 is 5.97 Å². The fourth-order valence-electron chi connectivity index (χ4n) is 2.32. The van der Waals surface area contributed by atoms with Crippen LogP contribution in [0.25, 0.3) is 0 Å². The van der Waals surface area contributed by atoms with Crippen molar-refractivity contribution in [3.05, 3.63) is 48.1 Å². The third-order valence-corrected chi connectivity index (χ3v) is 3.62. The first-order valence-corrected chi connectivity index (χ1v) is 8.11. The SMILES string of the molecule is CCCC/C=C/C=C1/C(=O)C=C[C@@H]1C/C=C\CCCC(=O)O. The molecule has 0 amide bonds. The number of aliphatic carboxylic acids is 1. The molecule has 0 heterocycles. The summed E-state index contributed by atoms with van der Waals surface area (Å²) >= 11 is 0. The zero-order valence-corrected chi connectivity index (χ0v) is 13.3. The number of hydrogen-bond acceptors (Lipinski definition) is 2. The van der Waals surface area contributed by atoms with Crippen LogP contribution in [-0.4, -0.2) is 16.9 Å². The molecule has 1 aliphatic carbocycles. The molecule has 0 bridgehead atoms. The summed E-state index contributed by atoms with van der Waals surface area (Å²) in [5, 5.41) is 8.56. The summed E-state index contributed by atoms with van der Waals surface area (Å²) in [5.41, 5.74) is 0.850. The van der Waals surface area contributed by atoms with Crippen LogP contribution in [0, 0.1) is 5.92 Å². The monoisotopic (exact) mass is 302 g/mol. The molecule has 1 rings (SSSR count). The van der Waals surface area contributed by atoms with E-state index < -0.39 is 5.97 Å². The van der Waals surface area contributed by atoms with Gasteiger partial charge in [-0.05, 0) is 31.8 Å². The van der Waals surface area contributed by atoms with Crippen molar-refractivity contribution >= 4 is 11.8 Å². The Bertz CT molecular complexity index is 481. The molecular weight excluding hydrogens is 276 g/mol. The molecule has 0 saturated heterocycles. The highest BCUT2D eigenvalue weighted by atomic mass is 16.4. The lowest BCUT2D eigenvalue weighted by atomic mass is 9.97. The van der Waals surface area contributed by atoms with E-state index in [1.807, 2.05) is 30.4 Å². The van der Waals surface area contributed by atoms with Crippen LogP contribution in [0.2, 0.25) is 0 Å². The van der Waals surface area contributed by atoms with Crippen LogP contribution >= 0.6 is 0 Å². The van der Waals surface area contributed by atoms with E-state index in [1.54, 1.807) is 6.08 Å². The molecule has 0 aromatic rings. The average Bonchev–Trinajstić information content (AvgIpc) is 2.83. The number of rotatable bonds is 10. The number of carbonyl (C=O) groups is 2. The maximum Gasteiger partial charge on any atom is 0.303 e. The lowest BCUT2D eigenvalue weighted by Gasteiger charge is -2.06. The molecule has 3 nitrogen and oxygen atoms in total. The van der Waals surface area contributed by atoms with Gasteiger partial charge in [0.2, 0.25) is 0 Å². The molecule has 1 aliphatic rings. The van der Waals surface area contributed by atoms with Crippen LogP contribution in [0.1, 0.15) is 51.9 Å². The Morgan fingerprint density at radius 1 is 1.23 bits per heavy atom. The Morgan fingerprint density at radius 3 is 2.73 bits per heavy atom. The smallest absolute Gasteiger partial charge is 0.303 e. The molecule has 0 aliphatic heterocycles. The molecule has 1 atom stereocenters. The zero-order chi connectivity index (χ0) is 16.2. The molecule has 22 heavy (non-hydrogen) atoms. The van der Waals surface area contributed by atoms with Gasteiger partial charge in [0.15, 0.2) is 5.78 Å². The zero-order valence-electron chi connectivity index (χ0n) is 13.3. The Labute approximate surface area is 133 Å². The normalized spacial score (nSPS) is 20.0. The van der Waals surface area contributed by atoms with Crippen LogP contribution in [-0.2, 0) is 9.59 Å². The Kier molecular flexibility index (Phi) is 8.89. The topological polar surface area (TPSA) is 54.4 Å². The second-order valence-electron chi connectivity index (χ2n) is 5.52. The molecule has 0 radical (unpaired) electrons. The molecule has 3 heteroatoms. The first-order chi connectivity index (χ1) is 10.6. The second-order valence-corrected chi connectivity index (χ2v) is 5.52. The van der Waals surface area contributed by atoms with Crippen molar-refractivity contribution in [2.24, 2.45) is 5.92 Å². The molecule has 0 unspecified atom stereocenters. The second kappa shape index (κ2) is 10.8. The van der Waals surface area contributed by atoms with Crippen LogP contribution in [0.15, 0.2) is 48.1 Å². The predicted octanol–water partition coefficient (Wildman–Crippen LogP) is 4.62. The maximum absolute atomic E-state index is 11.8. The van der Waals surface area contributed by atoms with Crippen molar-refractivity contribution in [3.8, 4) is 0 Å². The van der Waals surface area contributed by atoms with Crippen LogP contribution < -0.4 is 0 Å². The first-order valence-electron chi connectivity index (χ1n) is 8.11. The van der Waals surface area contributed by atoms with Gasteiger partial charge in [-0.3, -0.25) is 9.59 Å². The quantitative estimate of drug-likeness (QED) is 0.364. The third-order valence-electron chi connectivity index (χ3n) is 3.62. The highest BCUT2D eigenvalue weighted by molar-refractivity contribution is 6.07. The first kappa shape index (κ1) is 18.1. The van der Waals surface area contributed by atoms with Gasteiger partial charge < -0.3 is 5.11 Å². The van der Waals surface area contributed by atoms with Crippen molar-refractivity contribution in [3.63, 3.8) is 0 Å². The summed E-state index contributed by atoms with van der Waals surface area (Å²) in [6.07, 6.45) is 19.5. The molecule has 120 valence electrons. The highest BCUT2D eigenvalue weighted by Crippen LogP contribution is 2.25. The number of carboxylic acids is 1. The van der Waals surface area contributed by atoms with Crippen molar-refractivity contribution in [1.29, 1.82) is 0 Å². The minimum Gasteiger partial charge on any atom is -0.481 e. The Morgan fingerprint density at radius 2 is 2.00 bits per heavy atom. The van der Waals surface area contributed by atoms with Gasteiger partial charge in [0.05, 0.1) is 0 Å². The molecule has 0 saturated carbocycles. The molecular formula is C19H26O3. The van der Waals surface area contributed by atoms with E-state index >= 15 is 0 Å². The van der Waals surface area contributed by atoms with Gasteiger partial charge in [-0.1, -0.05) is 56.2 Å². The van der Waals surface area contributed by atoms with Crippen molar-refractivity contribution in [2.75, 3.05) is 0 Å². The number of hydrogen-bond donors (Lipinski definition) is 1. The summed E-state index contributed by atoms with van der Waals surface area (Å²) in [4.78, 5) is 22.2. The van der Waals surface area contributed by atoms with E-state index in [9.17, 15) is 9.59 Å². The van der Waals surface area contributed by atoms with Gasteiger partial charge in [-0.15, -0.1) is 0 Å². The number of ketones is 1. The Hall–Kier alpha value is -1.90. The average molecular weight is 302 g/mol. The summed E-state index contributed by atoms with van der Waals surface area (Å²) < 4.78 is 0. The minimum absolute atomic E-state index is 0.101. The number of carboxylic acid groups (broad SMARTS) is 1. The van der Waals surface area contributed by atoms with E-state index in [2.05, 4.69) is 13.0 Å². The van der Waals surface area contributed by atoms with Crippen molar-refractivity contribution in [1.82, 2.24) is 0 Å². The largest absolute Gasteiger partial charge is 0.481 e. The third kappa shape index (κ3) is 7.21. The minimum atomic E-state index is -0.752. The summed E-state index contributed by atoms with van der Waals surface area (Å²) in [6, 6.07) is 0. The van der Waals surface area contributed by atoms with Gasteiger partial charge in [0.25, 0.3) is 0 Å². The fourth-order valence-corrected chi connectivity index (χ4v) is 2.32. The van der Waals surface area contributed by atoms with E-state index in [0.29, 0.717) is 6.42 Å². The van der Waals surface area contributed by atoms with Crippen LogP contribution in [0.5, 0.6) is 0 Å². The summed E-state index contributed by atoms with van der Waals surface area (Å²) in [6.45, 7) is 2.16. The lowest BCUT2D eigenvalue weighted by Crippen LogP contribution is -2.01. The summed E-state index contributed by atoms with van der Waals surface area (Å²) in [5.74, 6) is -0.499. The summed E-state index contributed by atoms with van der Waals surface area (Å²) in [7, 11) is 0. The Balaban J connectivity index is 2.40. The highest BCUT2D eigenvalue weighted by Gasteiger charge is 2.20. The number of carbonyl (C=O) groups excluding carboxylic acids is 1. The van der Waals surface area contributed by atoms with Gasteiger partial charge in [0.1, 0.15) is 0 Å². The van der Waals surface area contributed by atoms with Crippen LogP contribution in [0.4, 0.5) is 0 Å². The molecule has 0 aromatic carbocycles. The van der Waals surface area contributed by atoms with Crippen LogP contribution in [0.3, 0.4) is 0 Å². The molecule has 0 fully saturated rings. The number of allylic oxidation sites excluding steroid dienone is 8. The van der Waals surface area contributed by atoms with E-state index in [0.717, 1.165) is 24.8 Å². The predicted molar refractivity (Wildman–Crippen MR) is 89.6 cm³/mol. The molecule has 0 aromatic heterocycles. The van der Waals surface area contributed by atoms with Gasteiger partial charge in [-0.25, -0.2) is 0 Å². The maximum atomic E-state index is 11.8. The van der Waals surface area contributed by atoms with E-state index in [1.165, 1.54) is 12.8 Å². The number of unbranched alkanes of at least 4 members (excludes halogenated alkanes) is 3.